The Morgan fingerprint density at radius 1 is 0.467 bits per heavy atom. The van der Waals surface area contributed by atoms with Crippen LogP contribution in [0.5, 0.6) is 0 Å². The van der Waals surface area contributed by atoms with E-state index in [1.54, 1.807) is 34.8 Å². The van der Waals surface area contributed by atoms with Gasteiger partial charge in [0.2, 0.25) is 0 Å². The smallest absolute Gasteiger partial charge is 0.0813 e. The molecule has 3 aliphatic heterocycles. The third kappa shape index (κ3) is 7.92. The number of rotatable bonds is 10. The summed E-state index contributed by atoms with van der Waals surface area (Å²) in [5.74, 6) is 0. The fourth-order valence-electron chi connectivity index (χ4n) is 8.60. The van der Waals surface area contributed by atoms with Crippen molar-refractivity contribution in [1.82, 2.24) is 9.97 Å². The summed E-state index contributed by atoms with van der Waals surface area (Å²) in [6, 6.07) is 25.1. The highest BCUT2D eigenvalue weighted by atomic mass is 35.5. The normalized spacial score (nSPS) is 14.8. The van der Waals surface area contributed by atoms with E-state index in [0.717, 1.165) is 136 Å². The molecule has 0 saturated heterocycles. The lowest BCUT2D eigenvalue weighted by Gasteiger charge is -2.13. The lowest BCUT2D eigenvalue weighted by Crippen LogP contribution is -2.20. The SMILES string of the molecule is CCCC1=CC2=c3ccc(s3)=c3cc(CCC)c([nH]3)=C(c3cc(Cl)cc(Cl)c3)C3=NC(=c4ccc(s4)=c4cc(CCC)c([nH]4)=C(c4cc(Cl)cc(Cl)c4)C1=N2)C=C3CCC. The molecule has 0 fully saturated rings. The minimum Gasteiger partial charge on any atom is -0.354 e. The Kier molecular flexibility index (Phi) is 11.9. The van der Waals surface area contributed by atoms with Crippen LogP contribution in [0.25, 0.3) is 22.5 Å². The lowest BCUT2D eigenvalue weighted by atomic mass is 9.92. The highest BCUT2D eigenvalue weighted by Crippen LogP contribution is 2.34. The van der Waals surface area contributed by atoms with Crippen molar-refractivity contribution in [3.63, 3.8) is 0 Å². The van der Waals surface area contributed by atoms with Crippen LogP contribution in [0.15, 0.2) is 106 Å². The molecule has 3 aliphatic rings. The summed E-state index contributed by atoms with van der Waals surface area (Å²) in [6.45, 7) is 8.90. The van der Waals surface area contributed by atoms with Gasteiger partial charge in [0.15, 0.2) is 0 Å². The maximum absolute atomic E-state index is 6.76. The number of aliphatic imine (C=N–C) groups is 2. The molecule has 304 valence electrons. The first-order valence-corrected chi connectivity index (χ1v) is 23.9. The number of fused-ring (bicyclic) bond motifs is 10. The molecule has 2 aromatic carbocycles. The molecule has 2 N–H and O–H groups in total. The zero-order chi connectivity index (χ0) is 41.7. The van der Waals surface area contributed by atoms with Crippen molar-refractivity contribution in [2.75, 3.05) is 0 Å². The van der Waals surface area contributed by atoms with E-state index in [-0.39, 0.29) is 0 Å². The molecule has 4 aromatic heterocycles. The van der Waals surface area contributed by atoms with Crippen molar-refractivity contribution in [3.05, 3.63) is 178 Å². The van der Waals surface area contributed by atoms with Gasteiger partial charge in [0.1, 0.15) is 0 Å². The number of allylic oxidation sites excluding steroid dienone is 2. The predicted molar refractivity (Wildman–Crippen MR) is 258 cm³/mol. The number of hydrogen-bond donors (Lipinski definition) is 2. The Labute approximate surface area is 377 Å². The molecule has 6 aromatic rings. The van der Waals surface area contributed by atoms with Crippen molar-refractivity contribution in [2.45, 2.75) is 79.1 Å². The highest BCUT2D eigenvalue weighted by molar-refractivity contribution is 7.08. The van der Waals surface area contributed by atoms with Gasteiger partial charge in [-0.05, 0) is 144 Å². The van der Waals surface area contributed by atoms with E-state index in [1.165, 1.54) is 22.3 Å². The van der Waals surface area contributed by atoms with Crippen LogP contribution in [0, 0.1) is 19.8 Å². The molecule has 0 spiro atoms. The standard InChI is InChI=1S/C50H44Cl4N4S2/c1-5-9-27-21-37-41-13-14-42(59-41)39-23-29(11-7-3)49(57-39)46(32-19-35(53)26-36(54)20-32)50-30(12-8-4)24-40(58-50)44-16-15-43(60-44)38-22-28(10-6-2)48(56-38)45(47(27)55-37)31-17-33(51)25-34(52)18-31/h13-26,55,58H,5-12H2,1-4H3. The van der Waals surface area contributed by atoms with Gasteiger partial charge in [-0.1, -0.05) is 99.8 Å². The number of H-pyrrole nitrogens is 2. The van der Waals surface area contributed by atoms with Gasteiger partial charge in [-0.3, -0.25) is 0 Å². The van der Waals surface area contributed by atoms with Gasteiger partial charge in [0, 0.05) is 31.2 Å². The molecule has 0 aliphatic carbocycles. The van der Waals surface area contributed by atoms with Crippen molar-refractivity contribution in [1.29, 1.82) is 0 Å². The van der Waals surface area contributed by atoms with Gasteiger partial charge in [-0.25, -0.2) is 9.98 Å². The first kappa shape index (κ1) is 41.2. The van der Waals surface area contributed by atoms with E-state index < -0.39 is 0 Å². The van der Waals surface area contributed by atoms with Gasteiger partial charge in [-0.15, -0.1) is 22.7 Å². The number of nitrogens with one attached hydrogen (secondary N) is 2. The second-order valence-electron chi connectivity index (χ2n) is 15.6. The number of aromatic amines is 2. The van der Waals surface area contributed by atoms with Gasteiger partial charge in [-0.2, -0.15) is 0 Å². The molecule has 0 atom stereocenters. The molecule has 0 amide bonds. The Morgan fingerprint density at radius 2 is 0.833 bits per heavy atom. The summed E-state index contributed by atoms with van der Waals surface area (Å²) < 4.78 is 4.47. The number of benzene rings is 2. The minimum absolute atomic E-state index is 0.588. The number of aryl methyl sites for hydroxylation is 2. The van der Waals surface area contributed by atoms with Crippen molar-refractivity contribution >= 4 is 103 Å². The molecule has 0 radical (unpaired) electrons. The third-order valence-electron chi connectivity index (χ3n) is 11.1. The first-order chi connectivity index (χ1) is 29.1. The fourth-order valence-corrected chi connectivity index (χ4v) is 11.5. The first-order valence-electron chi connectivity index (χ1n) is 20.8. The molecule has 7 heterocycles. The highest BCUT2D eigenvalue weighted by Gasteiger charge is 2.26. The molecule has 10 heteroatoms. The van der Waals surface area contributed by atoms with Crippen LogP contribution in [0.4, 0.5) is 0 Å². The van der Waals surface area contributed by atoms with Crippen LogP contribution in [0.2, 0.25) is 20.1 Å². The number of aromatic nitrogens is 2. The zero-order valence-electron chi connectivity index (χ0n) is 34.0. The largest absolute Gasteiger partial charge is 0.354 e. The van der Waals surface area contributed by atoms with Gasteiger partial charge in [0.05, 0.1) is 62.3 Å². The molecule has 9 rings (SSSR count). The van der Waals surface area contributed by atoms with E-state index in [9.17, 15) is 0 Å². The average molecular weight is 907 g/mol. The maximum Gasteiger partial charge on any atom is 0.0813 e. The van der Waals surface area contributed by atoms with Crippen LogP contribution in [0.3, 0.4) is 0 Å². The molecular weight excluding hydrogens is 863 g/mol. The summed E-state index contributed by atoms with van der Waals surface area (Å²) in [5.41, 5.74) is 12.6. The average Bonchev–Trinajstić information content (AvgIpc) is 4.06. The second kappa shape index (κ2) is 17.3. The van der Waals surface area contributed by atoms with E-state index >= 15 is 0 Å². The monoisotopic (exact) mass is 904 g/mol. The van der Waals surface area contributed by atoms with Gasteiger partial charge < -0.3 is 9.97 Å². The van der Waals surface area contributed by atoms with Crippen LogP contribution in [-0.4, -0.2) is 21.4 Å². The topological polar surface area (TPSA) is 56.3 Å². The van der Waals surface area contributed by atoms with E-state index in [2.05, 4.69) is 86.2 Å². The quantitative estimate of drug-likeness (QED) is 0.138. The molecule has 12 bridgehead atoms. The summed E-state index contributed by atoms with van der Waals surface area (Å²) in [4.78, 5) is 18.9. The summed E-state index contributed by atoms with van der Waals surface area (Å²) in [7, 11) is 0. The second-order valence-corrected chi connectivity index (χ2v) is 19.5. The number of nitrogens with zero attached hydrogens (tertiary/aromatic N) is 2. The van der Waals surface area contributed by atoms with Crippen LogP contribution >= 0.6 is 69.1 Å². The van der Waals surface area contributed by atoms with E-state index in [0.29, 0.717) is 20.1 Å². The molecule has 0 unspecified atom stereocenters. The predicted octanol–water partition coefficient (Wildman–Crippen LogP) is 12.2. The molecule has 4 nitrogen and oxygen atoms in total. The molecule has 60 heavy (non-hydrogen) atoms. The molecule has 0 saturated carbocycles. The zero-order valence-corrected chi connectivity index (χ0v) is 38.6. The number of hydrogen-bond acceptors (Lipinski definition) is 4. The Morgan fingerprint density at radius 3 is 1.20 bits per heavy atom. The fraction of sp³-hybridized carbons (Fsp3) is 0.240. The number of thiophene rings is 2. The summed E-state index contributed by atoms with van der Waals surface area (Å²) in [6.07, 6.45) is 12.0. The van der Waals surface area contributed by atoms with Gasteiger partial charge >= 0.3 is 0 Å². The van der Waals surface area contributed by atoms with Crippen molar-refractivity contribution in [3.8, 4) is 0 Å². The van der Waals surface area contributed by atoms with E-state index in [1.807, 2.05) is 24.3 Å². The van der Waals surface area contributed by atoms with Gasteiger partial charge in [0.25, 0.3) is 0 Å². The molecular formula is C50H44Cl4N4S2. The van der Waals surface area contributed by atoms with Crippen molar-refractivity contribution < 1.29 is 0 Å². The minimum atomic E-state index is 0.588. The van der Waals surface area contributed by atoms with Crippen LogP contribution in [0.1, 0.15) is 88.5 Å². The third-order valence-corrected chi connectivity index (χ3v) is 14.2. The Bertz CT molecular complexity index is 3060. The Balaban J connectivity index is 1.49. The Hall–Kier alpha value is -4.14. The summed E-state index contributed by atoms with van der Waals surface area (Å²) in [5, 5.41) is 6.56. The lowest BCUT2D eigenvalue weighted by molar-refractivity contribution is 0.914. The van der Waals surface area contributed by atoms with Crippen molar-refractivity contribution in [2.24, 2.45) is 9.98 Å². The van der Waals surface area contributed by atoms with Crippen LogP contribution in [-0.2, 0) is 12.8 Å². The van der Waals surface area contributed by atoms with Crippen LogP contribution < -0.4 is 19.8 Å². The summed E-state index contributed by atoms with van der Waals surface area (Å²) >= 11 is 30.6. The maximum atomic E-state index is 6.76. The number of halogens is 4. The van der Waals surface area contributed by atoms with E-state index in [4.69, 9.17) is 56.4 Å².